The SMILES string of the molecule is COCCNC(=O)c1ccnc(Nc2ccc(N3CCCCC3)cc2)n1. The number of piperidine rings is 1. The average Bonchev–Trinajstić information content (AvgIpc) is 2.69. The molecule has 1 aliphatic heterocycles. The van der Waals surface area contributed by atoms with Crippen molar-refractivity contribution in [3.8, 4) is 0 Å². The Morgan fingerprint density at radius 1 is 1.15 bits per heavy atom. The Hall–Kier alpha value is -2.67. The molecule has 0 atom stereocenters. The molecule has 1 amide bonds. The Labute approximate surface area is 153 Å². The number of ether oxygens (including phenoxy) is 1. The second kappa shape index (κ2) is 9.15. The van der Waals surface area contributed by atoms with Crippen LogP contribution in [-0.4, -0.2) is 49.2 Å². The fourth-order valence-corrected chi connectivity index (χ4v) is 2.94. The van der Waals surface area contributed by atoms with Crippen molar-refractivity contribution in [3.63, 3.8) is 0 Å². The van der Waals surface area contributed by atoms with Gasteiger partial charge in [-0.25, -0.2) is 9.97 Å². The Bertz CT molecular complexity index is 714. The number of carbonyl (C=O) groups is 1. The quantitative estimate of drug-likeness (QED) is 0.743. The molecule has 0 unspecified atom stereocenters. The predicted molar refractivity (Wildman–Crippen MR) is 102 cm³/mol. The van der Waals surface area contributed by atoms with E-state index < -0.39 is 0 Å². The predicted octanol–water partition coefficient (Wildman–Crippen LogP) is 2.59. The second-order valence-electron chi connectivity index (χ2n) is 6.23. The highest BCUT2D eigenvalue weighted by atomic mass is 16.5. The van der Waals surface area contributed by atoms with Gasteiger partial charge in [0.05, 0.1) is 6.61 Å². The van der Waals surface area contributed by atoms with Crippen molar-refractivity contribution in [2.45, 2.75) is 19.3 Å². The number of hydrogen-bond acceptors (Lipinski definition) is 6. The standard InChI is InChI=1S/C19H25N5O2/c1-26-14-11-20-18(25)17-9-10-21-19(23-17)22-15-5-7-16(8-6-15)24-12-3-2-4-13-24/h5-10H,2-4,11-14H2,1H3,(H,20,25)(H,21,22,23). The van der Waals surface area contributed by atoms with E-state index in [-0.39, 0.29) is 5.91 Å². The summed E-state index contributed by atoms with van der Waals surface area (Å²) >= 11 is 0. The third-order valence-corrected chi connectivity index (χ3v) is 4.32. The molecule has 0 spiro atoms. The molecule has 0 radical (unpaired) electrons. The van der Waals surface area contributed by atoms with Crippen LogP contribution in [0.4, 0.5) is 17.3 Å². The van der Waals surface area contributed by atoms with Crippen LogP contribution in [0, 0.1) is 0 Å². The first kappa shape index (κ1) is 18.1. The topological polar surface area (TPSA) is 79.4 Å². The number of amides is 1. The van der Waals surface area contributed by atoms with E-state index in [1.807, 2.05) is 12.1 Å². The van der Waals surface area contributed by atoms with Crippen molar-refractivity contribution in [3.05, 3.63) is 42.2 Å². The Morgan fingerprint density at radius 3 is 2.65 bits per heavy atom. The lowest BCUT2D eigenvalue weighted by atomic mass is 10.1. The van der Waals surface area contributed by atoms with E-state index in [0.717, 1.165) is 18.8 Å². The van der Waals surface area contributed by atoms with Crippen LogP contribution in [0.3, 0.4) is 0 Å². The van der Waals surface area contributed by atoms with E-state index in [1.165, 1.54) is 24.9 Å². The summed E-state index contributed by atoms with van der Waals surface area (Å²) in [5.41, 5.74) is 2.45. The van der Waals surface area contributed by atoms with Gasteiger partial charge in [-0.1, -0.05) is 0 Å². The maximum atomic E-state index is 12.1. The number of rotatable bonds is 7. The third-order valence-electron chi connectivity index (χ3n) is 4.32. The molecule has 0 aliphatic carbocycles. The zero-order valence-corrected chi connectivity index (χ0v) is 15.1. The number of benzene rings is 1. The fourth-order valence-electron chi connectivity index (χ4n) is 2.94. The van der Waals surface area contributed by atoms with Crippen molar-refractivity contribution < 1.29 is 9.53 Å². The zero-order valence-electron chi connectivity index (χ0n) is 15.1. The van der Waals surface area contributed by atoms with Crippen molar-refractivity contribution in [2.75, 3.05) is 43.6 Å². The number of aromatic nitrogens is 2. The molecule has 7 heteroatoms. The molecule has 3 rings (SSSR count). The van der Waals surface area contributed by atoms with E-state index in [0.29, 0.717) is 24.8 Å². The molecular formula is C19H25N5O2. The van der Waals surface area contributed by atoms with E-state index in [1.54, 1.807) is 19.4 Å². The Balaban J connectivity index is 1.61. The van der Waals surface area contributed by atoms with Gasteiger partial charge in [0.15, 0.2) is 0 Å². The summed E-state index contributed by atoms with van der Waals surface area (Å²) in [4.78, 5) is 22.9. The molecule has 2 N–H and O–H groups in total. The molecule has 1 aromatic carbocycles. The highest BCUT2D eigenvalue weighted by molar-refractivity contribution is 5.92. The van der Waals surface area contributed by atoms with Gasteiger partial charge in [-0.2, -0.15) is 0 Å². The largest absolute Gasteiger partial charge is 0.383 e. The summed E-state index contributed by atoms with van der Waals surface area (Å²) in [6.45, 7) is 3.15. The van der Waals surface area contributed by atoms with Gasteiger partial charge in [0.2, 0.25) is 5.95 Å². The van der Waals surface area contributed by atoms with Gasteiger partial charge < -0.3 is 20.3 Å². The first-order valence-electron chi connectivity index (χ1n) is 8.98. The fraction of sp³-hybridized carbons (Fsp3) is 0.421. The van der Waals surface area contributed by atoms with Crippen molar-refractivity contribution in [1.29, 1.82) is 0 Å². The van der Waals surface area contributed by atoms with Crippen LogP contribution < -0.4 is 15.5 Å². The molecule has 0 bridgehead atoms. The lowest BCUT2D eigenvalue weighted by Gasteiger charge is -2.28. The number of hydrogen-bond donors (Lipinski definition) is 2. The molecular weight excluding hydrogens is 330 g/mol. The van der Waals surface area contributed by atoms with E-state index in [4.69, 9.17) is 4.74 Å². The smallest absolute Gasteiger partial charge is 0.270 e. The molecule has 1 aliphatic rings. The van der Waals surface area contributed by atoms with Crippen LogP contribution in [-0.2, 0) is 4.74 Å². The van der Waals surface area contributed by atoms with E-state index >= 15 is 0 Å². The Morgan fingerprint density at radius 2 is 1.92 bits per heavy atom. The van der Waals surface area contributed by atoms with Crippen molar-refractivity contribution >= 4 is 23.2 Å². The number of carbonyl (C=O) groups excluding carboxylic acids is 1. The minimum Gasteiger partial charge on any atom is -0.383 e. The molecule has 26 heavy (non-hydrogen) atoms. The number of anilines is 3. The summed E-state index contributed by atoms with van der Waals surface area (Å²) in [6.07, 6.45) is 5.41. The van der Waals surface area contributed by atoms with Gasteiger partial charge >= 0.3 is 0 Å². The van der Waals surface area contributed by atoms with E-state index in [2.05, 4.69) is 37.6 Å². The van der Waals surface area contributed by atoms with Crippen LogP contribution in [0.25, 0.3) is 0 Å². The minimum absolute atomic E-state index is 0.243. The molecule has 1 aromatic heterocycles. The highest BCUT2D eigenvalue weighted by Crippen LogP contribution is 2.22. The first-order valence-corrected chi connectivity index (χ1v) is 8.98. The molecule has 0 saturated carbocycles. The van der Waals surface area contributed by atoms with Gasteiger partial charge in [-0.15, -0.1) is 0 Å². The molecule has 2 aromatic rings. The lowest BCUT2D eigenvalue weighted by molar-refractivity contribution is 0.0932. The maximum Gasteiger partial charge on any atom is 0.270 e. The lowest BCUT2D eigenvalue weighted by Crippen LogP contribution is -2.29. The molecule has 2 heterocycles. The van der Waals surface area contributed by atoms with Gasteiger partial charge in [0.1, 0.15) is 5.69 Å². The zero-order chi connectivity index (χ0) is 18.2. The van der Waals surface area contributed by atoms with Gasteiger partial charge in [-0.05, 0) is 49.6 Å². The van der Waals surface area contributed by atoms with Crippen LogP contribution in [0.15, 0.2) is 36.5 Å². The Kier molecular flexibility index (Phi) is 6.38. The third kappa shape index (κ3) is 4.92. The highest BCUT2D eigenvalue weighted by Gasteiger charge is 2.11. The van der Waals surface area contributed by atoms with Crippen molar-refractivity contribution in [2.24, 2.45) is 0 Å². The number of nitrogens with one attached hydrogen (secondary N) is 2. The van der Waals surface area contributed by atoms with E-state index in [9.17, 15) is 4.79 Å². The van der Waals surface area contributed by atoms with Crippen LogP contribution in [0.5, 0.6) is 0 Å². The number of nitrogens with zero attached hydrogens (tertiary/aromatic N) is 3. The average molecular weight is 355 g/mol. The maximum absolute atomic E-state index is 12.1. The summed E-state index contributed by atoms with van der Waals surface area (Å²) in [6, 6.07) is 9.83. The molecule has 7 nitrogen and oxygen atoms in total. The van der Waals surface area contributed by atoms with Gasteiger partial charge in [0.25, 0.3) is 5.91 Å². The summed E-state index contributed by atoms with van der Waals surface area (Å²) in [5.74, 6) is 0.156. The van der Waals surface area contributed by atoms with Crippen LogP contribution in [0.2, 0.25) is 0 Å². The van der Waals surface area contributed by atoms with Gasteiger partial charge in [0, 0.05) is 44.3 Å². The molecule has 138 valence electrons. The van der Waals surface area contributed by atoms with Gasteiger partial charge in [-0.3, -0.25) is 4.79 Å². The van der Waals surface area contributed by atoms with Crippen molar-refractivity contribution in [1.82, 2.24) is 15.3 Å². The van der Waals surface area contributed by atoms with Crippen LogP contribution in [0.1, 0.15) is 29.8 Å². The second-order valence-corrected chi connectivity index (χ2v) is 6.23. The first-order chi connectivity index (χ1) is 12.8. The summed E-state index contributed by atoms with van der Waals surface area (Å²) < 4.78 is 4.92. The monoisotopic (exact) mass is 355 g/mol. The molecule has 1 fully saturated rings. The molecule has 1 saturated heterocycles. The summed E-state index contributed by atoms with van der Waals surface area (Å²) in [7, 11) is 1.59. The normalized spacial score (nSPS) is 14.1. The minimum atomic E-state index is -0.243. The summed E-state index contributed by atoms with van der Waals surface area (Å²) in [5, 5.41) is 5.90. The number of methoxy groups -OCH3 is 1. The van der Waals surface area contributed by atoms with Crippen LogP contribution >= 0.6 is 0 Å².